The summed E-state index contributed by atoms with van der Waals surface area (Å²) >= 11 is 0. The Kier molecular flexibility index (Phi) is 6.28. The van der Waals surface area contributed by atoms with Gasteiger partial charge in [0.15, 0.2) is 6.61 Å². The molecule has 6 nitrogen and oxygen atoms in total. The Hall–Kier alpha value is -3.15. The molecule has 1 N–H and O–H groups in total. The van der Waals surface area contributed by atoms with Crippen molar-refractivity contribution in [2.24, 2.45) is 5.10 Å². The van der Waals surface area contributed by atoms with Crippen molar-refractivity contribution in [3.05, 3.63) is 64.7 Å². The van der Waals surface area contributed by atoms with E-state index in [1.54, 1.807) is 24.3 Å². The number of aryl methyl sites for hydroxylation is 2. The first-order valence-corrected chi connectivity index (χ1v) is 7.70. The molecule has 0 aliphatic rings. The molecule has 6 heteroatoms. The molecule has 2 rings (SSSR count). The van der Waals surface area contributed by atoms with E-state index < -0.39 is 5.97 Å². The summed E-state index contributed by atoms with van der Waals surface area (Å²) in [6, 6.07) is 12.4. The van der Waals surface area contributed by atoms with E-state index in [1.165, 1.54) is 13.3 Å². The summed E-state index contributed by atoms with van der Waals surface area (Å²) in [7, 11) is 1.33. The number of carbonyl (C=O) groups is 2. The van der Waals surface area contributed by atoms with E-state index in [4.69, 9.17) is 4.74 Å². The predicted molar refractivity (Wildman–Crippen MR) is 94.9 cm³/mol. The Morgan fingerprint density at radius 3 is 2.32 bits per heavy atom. The number of para-hydroxylation sites is 1. The molecule has 2 aromatic rings. The summed E-state index contributed by atoms with van der Waals surface area (Å²) in [5.41, 5.74) is 5.54. The number of nitrogens with zero attached hydrogens (tertiary/aromatic N) is 1. The molecule has 0 atom stereocenters. The van der Waals surface area contributed by atoms with Crippen molar-refractivity contribution in [1.82, 2.24) is 5.43 Å². The molecule has 130 valence electrons. The summed E-state index contributed by atoms with van der Waals surface area (Å²) in [5.74, 6) is -0.0504. The van der Waals surface area contributed by atoms with Gasteiger partial charge in [-0.25, -0.2) is 10.2 Å². The minimum absolute atomic E-state index is 0.121. The predicted octanol–water partition coefficient (Wildman–Crippen LogP) is 2.62. The van der Waals surface area contributed by atoms with E-state index in [-0.39, 0.29) is 12.5 Å². The Labute approximate surface area is 146 Å². The average molecular weight is 340 g/mol. The zero-order chi connectivity index (χ0) is 18.2. The SMILES string of the molecule is COC(=O)c1ccc(/C=N\NC(=O)COc2c(C)cccc2C)cc1. The molecule has 1 amide bonds. The van der Waals surface area contributed by atoms with Gasteiger partial charge in [0.05, 0.1) is 18.9 Å². The minimum Gasteiger partial charge on any atom is -0.483 e. The quantitative estimate of drug-likeness (QED) is 0.498. The lowest BCUT2D eigenvalue weighted by Gasteiger charge is -2.10. The normalized spacial score (nSPS) is 10.5. The summed E-state index contributed by atoms with van der Waals surface area (Å²) in [6.45, 7) is 3.73. The van der Waals surface area contributed by atoms with Crippen LogP contribution in [0.5, 0.6) is 5.75 Å². The van der Waals surface area contributed by atoms with Crippen molar-refractivity contribution >= 4 is 18.1 Å². The fourth-order valence-electron chi connectivity index (χ4n) is 2.20. The second-order valence-corrected chi connectivity index (χ2v) is 5.42. The van der Waals surface area contributed by atoms with E-state index >= 15 is 0 Å². The number of hydrazone groups is 1. The lowest BCUT2D eigenvalue weighted by molar-refractivity contribution is -0.123. The Morgan fingerprint density at radius 2 is 1.72 bits per heavy atom. The molecule has 0 fully saturated rings. The topological polar surface area (TPSA) is 77.0 Å². The second-order valence-electron chi connectivity index (χ2n) is 5.42. The molecule has 0 aromatic heterocycles. The van der Waals surface area contributed by atoms with Gasteiger partial charge in [0, 0.05) is 0 Å². The highest BCUT2D eigenvalue weighted by Gasteiger charge is 2.06. The average Bonchev–Trinajstić information content (AvgIpc) is 2.61. The van der Waals surface area contributed by atoms with Crippen LogP contribution in [0.25, 0.3) is 0 Å². The van der Waals surface area contributed by atoms with Crippen molar-refractivity contribution < 1.29 is 19.1 Å². The van der Waals surface area contributed by atoms with Gasteiger partial charge in [-0.1, -0.05) is 30.3 Å². The largest absolute Gasteiger partial charge is 0.483 e. The first kappa shape index (κ1) is 18.2. The number of hydrogen-bond acceptors (Lipinski definition) is 5. The molecule has 0 bridgehead atoms. The number of benzene rings is 2. The van der Waals surface area contributed by atoms with Gasteiger partial charge in [0.2, 0.25) is 0 Å². The van der Waals surface area contributed by atoms with Crippen LogP contribution in [0, 0.1) is 13.8 Å². The van der Waals surface area contributed by atoms with Crippen LogP contribution in [-0.2, 0) is 9.53 Å². The number of methoxy groups -OCH3 is 1. The molecule has 0 saturated heterocycles. The molecule has 25 heavy (non-hydrogen) atoms. The van der Waals surface area contributed by atoms with Gasteiger partial charge in [-0.15, -0.1) is 0 Å². The fraction of sp³-hybridized carbons (Fsp3) is 0.211. The summed E-state index contributed by atoms with van der Waals surface area (Å²) in [4.78, 5) is 23.1. The lowest BCUT2D eigenvalue weighted by Crippen LogP contribution is -2.25. The van der Waals surface area contributed by atoms with Gasteiger partial charge < -0.3 is 9.47 Å². The smallest absolute Gasteiger partial charge is 0.337 e. The summed E-state index contributed by atoms with van der Waals surface area (Å²) < 4.78 is 10.2. The second kappa shape index (κ2) is 8.63. The van der Waals surface area contributed by atoms with Gasteiger partial charge >= 0.3 is 5.97 Å². The van der Waals surface area contributed by atoms with Crippen LogP contribution in [0.2, 0.25) is 0 Å². The lowest BCUT2D eigenvalue weighted by atomic mass is 10.1. The van der Waals surface area contributed by atoms with Crippen LogP contribution in [0.3, 0.4) is 0 Å². The molecule has 0 radical (unpaired) electrons. The first-order valence-electron chi connectivity index (χ1n) is 7.70. The maximum absolute atomic E-state index is 11.8. The number of esters is 1. The van der Waals surface area contributed by atoms with Gasteiger partial charge in [-0.05, 0) is 42.7 Å². The molecular formula is C19H20N2O4. The molecule has 0 aliphatic carbocycles. The zero-order valence-electron chi connectivity index (χ0n) is 14.4. The van der Waals surface area contributed by atoms with Crippen molar-refractivity contribution in [2.45, 2.75) is 13.8 Å². The fourth-order valence-corrected chi connectivity index (χ4v) is 2.20. The Balaban J connectivity index is 1.85. The molecule has 2 aromatic carbocycles. The highest BCUT2D eigenvalue weighted by Crippen LogP contribution is 2.21. The van der Waals surface area contributed by atoms with Crippen LogP contribution < -0.4 is 10.2 Å². The maximum Gasteiger partial charge on any atom is 0.337 e. The maximum atomic E-state index is 11.8. The minimum atomic E-state index is -0.402. The molecule has 0 aliphatic heterocycles. The van der Waals surface area contributed by atoms with Crippen molar-refractivity contribution in [1.29, 1.82) is 0 Å². The zero-order valence-corrected chi connectivity index (χ0v) is 14.4. The van der Waals surface area contributed by atoms with Gasteiger partial charge in [0.1, 0.15) is 5.75 Å². The van der Waals surface area contributed by atoms with Gasteiger partial charge in [-0.3, -0.25) is 4.79 Å². The van der Waals surface area contributed by atoms with E-state index in [0.29, 0.717) is 11.3 Å². The summed E-state index contributed by atoms with van der Waals surface area (Å²) in [5, 5.41) is 3.87. The van der Waals surface area contributed by atoms with Crippen LogP contribution in [0.1, 0.15) is 27.0 Å². The van der Waals surface area contributed by atoms with Crippen molar-refractivity contribution in [3.63, 3.8) is 0 Å². The van der Waals surface area contributed by atoms with E-state index in [2.05, 4.69) is 15.3 Å². The molecule has 0 spiro atoms. The first-order chi connectivity index (χ1) is 12.0. The molecular weight excluding hydrogens is 320 g/mol. The number of rotatable bonds is 6. The highest BCUT2D eigenvalue weighted by molar-refractivity contribution is 5.90. The van der Waals surface area contributed by atoms with Crippen LogP contribution in [-0.4, -0.2) is 31.8 Å². The molecule has 0 saturated carbocycles. The molecule has 0 heterocycles. The van der Waals surface area contributed by atoms with Crippen LogP contribution in [0.15, 0.2) is 47.6 Å². The highest BCUT2D eigenvalue weighted by atomic mass is 16.5. The van der Waals surface area contributed by atoms with Crippen molar-refractivity contribution in [2.75, 3.05) is 13.7 Å². The van der Waals surface area contributed by atoms with Gasteiger partial charge in [0.25, 0.3) is 5.91 Å². The van der Waals surface area contributed by atoms with Crippen LogP contribution in [0.4, 0.5) is 0 Å². The Bertz CT molecular complexity index is 762. The number of nitrogens with one attached hydrogen (secondary N) is 1. The van der Waals surface area contributed by atoms with E-state index in [1.807, 2.05) is 32.0 Å². The third-order valence-electron chi connectivity index (χ3n) is 3.49. The number of amides is 1. The third kappa shape index (κ3) is 5.17. The van der Waals surface area contributed by atoms with Crippen LogP contribution >= 0.6 is 0 Å². The number of hydrogen-bond donors (Lipinski definition) is 1. The van der Waals surface area contributed by atoms with E-state index in [0.717, 1.165) is 16.7 Å². The van der Waals surface area contributed by atoms with Crippen molar-refractivity contribution in [3.8, 4) is 5.75 Å². The number of ether oxygens (including phenoxy) is 2. The number of carbonyl (C=O) groups excluding carboxylic acids is 2. The monoisotopic (exact) mass is 340 g/mol. The van der Waals surface area contributed by atoms with Gasteiger partial charge in [-0.2, -0.15) is 5.10 Å². The molecule has 0 unspecified atom stereocenters. The van der Waals surface area contributed by atoms with E-state index in [9.17, 15) is 9.59 Å². The summed E-state index contributed by atoms with van der Waals surface area (Å²) in [6.07, 6.45) is 1.48. The third-order valence-corrected chi connectivity index (χ3v) is 3.49. The standard InChI is InChI=1S/C19H20N2O4/c1-13-5-4-6-14(2)18(13)25-12-17(22)21-20-11-15-7-9-16(10-8-15)19(23)24-3/h4-11H,12H2,1-3H3,(H,21,22)/b20-11-. The Morgan fingerprint density at radius 1 is 1.08 bits per heavy atom.